The van der Waals surface area contributed by atoms with Crippen LogP contribution in [0.4, 0.5) is 11.6 Å². The Hall–Kier alpha value is -1.32. The predicted octanol–water partition coefficient (Wildman–Crippen LogP) is 2.38. The van der Waals surface area contributed by atoms with Crippen molar-refractivity contribution in [3.63, 3.8) is 0 Å². The molecule has 0 bridgehead atoms. The fourth-order valence-corrected chi connectivity index (χ4v) is 2.84. The molecule has 1 aromatic heterocycles. The second-order valence-electron chi connectivity index (χ2n) is 5.15. The molecule has 0 radical (unpaired) electrons. The maximum atomic E-state index is 5.84. The molecule has 1 saturated carbocycles. The van der Waals surface area contributed by atoms with Crippen molar-refractivity contribution in [2.24, 2.45) is 5.92 Å². The first-order valence-electron chi connectivity index (χ1n) is 6.41. The minimum atomic E-state index is 0.580. The zero-order chi connectivity index (χ0) is 12.4. The Labute approximate surface area is 103 Å². The van der Waals surface area contributed by atoms with Gasteiger partial charge in [0.1, 0.15) is 18.0 Å². The second kappa shape index (κ2) is 4.90. The van der Waals surface area contributed by atoms with Crippen LogP contribution in [0.5, 0.6) is 0 Å². The summed E-state index contributed by atoms with van der Waals surface area (Å²) < 4.78 is 0. The monoisotopic (exact) mass is 234 g/mol. The maximum Gasteiger partial charge on any atom is 0.137 e. The van der Waals surface area contributed by atoms with Gasteiger partial charge in [-0.3, -0.25) is 0 Å². The van der Waals surface area contributed by atoms with E-state index in [4.69, 9.17) is 5.73 Å². The molecule has 0 amide bonds. The maximum absolute atomic E-state index is 5.84. The van der Waals surface area contributed by atoms with Crippen molar-refractivity contribution in [1.82, 2.24) is 9.97 Å². The molecule has 0 spiro atoms. The Morgan fingerprint density at radius 3 is 2.71 bits per heavy atom. The third-order valence-electron chi connectivity index (χ3n) is 3.99. The molecule has 0 aliphatic heterocycles. The molecule has 1 aromatic rings. The zero-order valence-corrected chi connectivity index (χ0v) is 11.0. The number of rotatable bonds is 2. The van der Waals surface area contributed by atoms with Crippen LogP contribution in [0.1, 0.15) is 38.2 Å². The molecule has 17 heavy (non-hydrogen) atoms. The van der Waals surface area contributed by atoms with Gasteiger partial charge in [0.15, 0.2) is 0 Å². The average Bonchev–Trinajstić information content (AvgIpc) is 2.32. The quantitative estimate of drug-likeness (QED) is 0.853. The van der Waals surface area contributed by atoms with E-state index in [9.17, 15) is 0 Å². The molecule has 0 saturated heterocycles. The second-order valence-corrected chi connectivity index (χ2v) is 5.15. The molecular formula is C13H22N4. The number of nitrogen functional groups attached to an aromatic ring is 1. The number of aromatic nitrogens is 2. The standard InChI is InChI=1S/C13H22N4/c1-9-6-4-5-7-11(9)17(3)13-10(2)12(14)15-8-16-13/h8-9,11H,4-7H2,1-3H3,(H2,14,15,16). The lowest BCUT2D eigenvalue weighted by Gasteiger charge is -2.37. The number of nitrogens with zero attached hydrogens (tertiary/aromatic N) is 3. The molecule has 1 heterocycles. The minimum absolute atomic E-state index is 0.580. The third kappa shape index (κ3) is 2.35. The van der Waals surface area contributed by atoms with Gasteiger partial charge in [0.25, 0.3) is 0 Å². The Bertz CT molecular complexity index is 391. The molecular weight excluding hydrogens is 212 g/mol. The van der Waals surface area contributed by atoms with E-state index in [-0.39, 0.29) is 0 Å². The van der Waals surface area contributed by atoms with Crippen LogP contribution in [0, 0.1) is 12.8 Å². The van der Waals surface area contributed by atoms with Gasteiger partial charge in [0.2, 0.25) is 0 Å². The SMILES string of the molecule is Cc1c(N)ncnc1N(C)C1CCCCC1C. The van der Waals surface area contributed by atoms with Crippen molar-refractivity contribution in [1.29, 1.82) is 0 Å². The third-order valence-corrected chi connectivity index (χ3v) is 3.99. The Kier molecular flexibility index (Phi) is 3.50. The lowest BCUT2D eigenvalue weighted by molar-refractivity contribution is 0.320. The van der Waals surface area contributed by atoms with Crippen LogP contribution < -0.4 is 10.6 Å². The van der Waals surface area contributed by atoms with E-state index in [0.717, 1.165) is 17.3 Å². The highest BCUT2D eigenvalue weighted by Crippen LogP contribution is 2.31. The van der Waals surface area contributed by atoms with Crippen LogP contribution in [0.15, 0.2) is 6.33 Å². The molecule has 1 fully saturated rings. The highest BCUT2D eigenvalue weighted by Gasteiger charge is 2.26. The van der Waals surface area contributed by atoms with Gasteiger partial charge in [-0.15, -0.1) is 0 Å². The van der Waals surface area contributed by atoms with Gasteiger partial charge in [-0.1, -0.05) is 19.8 Å². The summed E-state index contributed by atoms with van der Waals surface area (Å²) in [6, 6.07) is 0.580. The molecule has 2 rings (SSSR count). The molecule has 2 N–H and O–H groups in total. The summed E-state index contributed by atoms with van der Waals surface area (Å²) in [4.78, 5) is 10.7. The average molecular weight is 234 g/mol. The summed E-state index contributed by atoms with van der Waals surface area (Å²) in [6.07, 6.45) is 6.80. The van der Waals surface area contributed by atoms with Crippen molar-refractivity contribution in [3.8, 4) is 0 Å². The largest absolute Gasteiger partial charge is 0.383 e. The molecule has 2 unspecified atom stereocenters. The normalized spacial score (nSPS) is 24.6. The van der Waals surface area contributed by atoms with Crippen LogP contribution in [0.25, 0.3) is 0 Å². The molecule has 2 atom stereocenters. The van der Waals surface area contributed by atoms with Crippen LogP contribution in [-0.2, 0) is 0 Å². The molecule has 0 aromatic carbocycles. The van der Waals surface area contributed by atoms with Crippen molar-refractivity contribution < 1.29 is 0 Å². The van der Waals surface area contributed by atoms with Gasteiger partial charge in [-0.05, 0) is 25.7 Å². The highest BCUT2D eigenvalue weighted by atomic mass is 15.2. The van der Waals surface area contributed by atoms with E-state index in [1.807, 2.05) is 6.92 Å². The van der Waals surface area contributed by atoms with Crippen LogP contribution >= 0.6 is 0 Å². The zero-order valence-electron chi connectivity index (χ0n) is 11.0. The fourth-order valence-electron chi connectivity index (χ4n) is 2.84. The smallest absolute Gasteiger partial charge is 0.137 e. The van der Waals surface area contributed by atoms with Crippen molar-refractivity contribution in [3.05, 3.63) is 11.9 Å². The first-order valence-corrected chi connectivity index (χ1v) is 6.41. The molecule has 4 heteroatoms. The first-order chi connectivity index (χ1) is 8.11. The summed E-state index contributed by atoms with van der Waals surface area (Å²) in [7, 11) is 2.13. The number of anilines is 2. The number of hydrogen-bond donors (Lipinski definition) is 1. The van der Waals surface area contributed by atoms with Gasteiger partial charge in [0, 0.05) is 18.7 Å². The van der Waals surface area contributed by atoms with Crippen molar-refractivity contribution >= 4 is 11.6 Å². The molecule has 1 aliphatic rings. The number of hydrogen-bond acceptors (Lipinski definition) is 4. The summed E-state index contributed by atoms with van der Waals surface area (Å²) in [5, 5.41) is 0. The summed E-state index contributed by atoms with van der Waals surface area (Å²) >= 11 is 0. The molecule has 94 valence electrons. The van der Waals surface area contributed by atoms with Gasteiger partial charge in [0.05, 0.1) is 0 Å². The molecule has 1 aliphatic carbocycles. The Morgan fingerprint density at radius 1 is 1.29 bits per heavy atom. The van der Waals surface area contributed by atoms with Gasteiger partial charge < -0.3 is 10.6 Å². The van der Waals surface area contributed by atoms with E-state index in [1.165, 1.54) is 25.7 Å². The predicted molar refractivity (Wildman–Crippen MR) is 71.0 cm³/mol. The summed E-state index contributed by atoms with van der Waals surface area (Å²) in [5.41, 5.74) is 6.84. The van der Waals surface area contributed by atoms with E-state index < -0.39 is 0 Å². The topological polar surface area (TPSA) is 55.0 Å². The fraction of sp³-hybridized carbons (Fsp3) is 0.692. The molecule has 4 nitrogen and oxygen atoms in total. The summed E-state index contributed by atoms with van der Waals surface area (Å²) in [6.45, 7) is 4.33. The van der Waals surface area contributed by atoms with Crippen molar-refractivity contribution in [2.45, 2.75) is 45.6 Å². The Balaban J connectivity index is 2.23. The van der Waals surface area contributed by atoms with Gasteiger partial charge in [-0.2, -0.15) is 0 Å². The number of nitrogens with two attached hydrogens (primary N) is 1. The van der Waals surface area contributed by atoms with Crippen LogP contribution in [-0.4, -0.2) is 23.1 Å². The van der Waals surface area contributed by atoms with E-state index in [0.29, 0.717) is 11.9 Å². The van der Waals surface area contributed by atoms with E-state index >= 15 is 0 Å². The highest BCUT2D eigenvalue weighted by molar-refractivity contribution is 5.55. The Morgan fingerprint density at radius 2 is 2.00 bits per heavy atom. The van der Waals surface area contributed by atoms with Crippen molar-refractivity contribution in [2.75, 3.05) is 17.7 Å². The first kappa shape index (κ1) is 12.1. The van der Waals surface area contributed by atoms with E-state index in [1.54, 1.807) is 6.33 Å². The van der Waals surface area contributed by atoms with Crippen LogP contribution in [0.2, 0.25) is 0 Å². The lowest BCUT2D eigenvalue weighted by Crippen LogP contribution is -2.39. The summed E-state index contributed by atoms with van der Waals surface area (Å²) in [5.74, 6) is 2.30. The minimum Gasteiger partial charge on any atom is -0.383 e. The van der Waals surface area contributed by atoms with Gasteiger partial charge in [-0.25, -0.2) is 9.97 Å². The van der Waals surface area contributed by atoms with Crippen LogP contribution in [0.3, 0.4) is 0 Å². The lowest BCUT2D eigenvalue weighted by atomic mass is 9.85. The van der Waals surface area contributed by atoms with Gasteiger partial charge >= 0.3 is 0 Å². The van der Waals surface area contributed by atoms with E-state index in [2.05, 4.69) is 28.8 Å².